The molecule has 2 N–H and O–H groups in total. The van der Waals surface area contributed by atoms with Crippen LogP contribution in [0.5, 0.6) is 0 Å². The van der Waals surface area contributed by atoms with Gasteiger partial charge in [0.1, 0.15) is 0 Å². The van der Waals surface area contributed by atoms with Crippen molar-refractivity contribution in [1.82, 2.24) is 14.8 Å². The van der Waals surface area contributed by atoms with Gasteiger partial charge < -0.3 is 19.9 Å². The maximum absolute atomic E-state index is 13.0. The minimum atomic E-state index is -5.08. The summed E-state index contributed by atoms with van der Waals surface area (Å²) in [5.74, 6) is -1.56. The van der Waals surface area contributed by atoms with Crippen LogP contribution in [0.2, 0.25) is 0 Å². The van der Waals surface area contributed by atoms with Gasteiger partial charge in [-0.15, -0.1) is 6.58 Å². The molecular formula is C20H22F3N3O4. The summed E-state index contributed by atoms with van der Waals surface area (Å²) in [5.41, 5.74) is 2.15. The first-order valence-electron chi connectivity index (χ1n) is 9.39. The molecule has 1 amide bonds. The van der Waals surface area contributed by atoms with Gasteiger partial charge in [0.05, 0.1) is 5.56 Å². The van der Waals surface area contributed by atoms with E-state index in [4.69, 9.17) is 9.90 Å². The molecule has 1 saturated carbocycles. The van der Waals surface area contributed by atoms with Crippen molar-refractivity contribution >= 4 is 18.0 Å². The second kappa shape index (κ2) is 8.10. The summed E-state index contributed by atoms with van der Waals surface area (Å²) in [6, 6.07) is 0.338. The first-order chi connectivity index (χ1) is 14.1. The molecule has 10 heteroatoms. The average molecular weight is 425 g/mol. The number of carbonyl (C=O) groups is 2. The summed E-state index contributed by atoms with van der Waals surface area (Å²) in [6.45, 7) is 6.13. The SMILES string of the molecule is C=CCn1cc(C(=O)N(C)C2[C@H]3CNC[C@@H]23)c2c(c1=O)CC=C2.O=C(O)C(F)(F)F. The van der Waals surface area contributed by atoms with Crippen LogP contribution in [0.4, 0.5) is 13.2 Å². The fourth-order valence-electron chi connectivity index (χ4n) is 4.15. The van der Waals surface area contributed by atoms with Gasteiger partial charge >= 0.3 is 12.1 Å². The normalized spacial score (nSPS) is 23.1. The fraction of sp³-hybridized carbons (Fsp3) is 0.450. The van der Waals surface area contributed by atoms with Crippen LogP contribution >= 0.6 is 0 Å². The summed E-state index contributed by atoms with van der Waals surface area (Å²) in [5, 5.41) is 10.5. The van der Waals surface area contributed by atoms with E-state index in [1.165, 1.54) is 0 Å². The fourth-order valence-corrected chi connectivity index (χ4v) is 4.15. The number of fused-ring (bicyclic) bond motifs is 2. The Morgan fingerprint density at radius 2 is 1.97 bits per heavy atom. The number of aliphatic carboxylic acids is 1. The van der Waals surface area contributed by atoms with Crippen LogP contribution in [0.1, 0.15) is 21.5 Å². The van der Waals surface area contributed by atoms with Gasteiger partial charge in [0, 0.05) is 44.5 Å². The van der Waals surface area contributed by atoms with Gasteiger partial charge in [0.2, 0.25) is 0 Å². The number of carbonyl (C=O) groups excluding carboxylic acids is 1. The number of hydrogen-bond donors (Lipinski definition) is 2. The molecule has 0 bridgehead atoms. The highest BCUT2D eigenvalue weighted by molar-refractivity contribution is 5.98. The summed E-state index contributed by atoms with van der Waals surface area (Å²) in [4.78, 5) is 36.2. The largest absolute Gasteiger partial charge is 0.490 e. The lowest BCUT2D eigenvalue weighted by Gasteiger charge is -2.21. The highest BCUT2D eigenvalue weighted by atomic mass is 19.4. The molecule has 1 aliphatic heterocycles. The molecule has 30 heavy (non-hydrogen) atoms. The second-order valence-electron chi connectivity index (χ2n) is 7.48. The number of carboxylic acids is 1. The summed E-state index contributed by atoms with van der Waals surface area (Å²) in [7, 11) is 1.89. The standard InChI is InChI=1S/C18H21N3O2.C2HF3O2/c1-3-7-21-10-15(11-5-4-6-12(11)18(21)23)17(22)20(2)16-13-8-19-9-14(13)16;3-2(4,5)1(6)7/h3-5,10,13-14,16,19H,1,6-9H2,2H3;(H,6,7)/t13-,14+,16?;. The number of amides is 1. The summed E-state index contributed by atoms with van der Waals surface area (Å²) in [6.07, 6.45) is 2.77. The molecule has 1 aromatic rings. The van der Waals surface area contributed by atoms with E-state index in [1.807, 2.05) is 24.1 Å². The van der Waals surface area contributed by atoms with Crippen LogP contribution in [-0.2, 0) is 17.8 Å². The Bertz CT molecular complexity index is 957. The van der Waals surface area contributed by atoms with Crippen molar-refractivity contribution in [2.24, 2.45) is 11.8 Å². The number of nitrogens with zero attached hydrogens (tertiary/aromatic N) is 2. The molecule has 1 unspecified atom stereocenters. The summed E-state index contributed by atoms with van der Waals surface area (Å²) >= 11 is 0. The monoisotopic (exact) mass is 425 g/mol. The average Bonchev–Trinajstić information content (AvgIpc) is 3.06. The van der Waals surface area contributed by atoms with Crippen LogP contribution < -0.4 is 10.9 Å². The van der Waals surface area contributed by atoms with Gasteiger partial charge in [0.15, 0.2) is 0 Å². The lowest BCUT2D eigenvalue weighted by molar-refractivity contribution is -0.192. The number of pyridine rings is 1. The van der Waals surface area contributed by atoms with Crippen molar-refractivity contribution in [2.75, 3.05) is 20.1 Å². The number of nitrogens with one attached hydrogen (secondary N) is 1. The number of allylic oxidation sites excluding steroid dienone is 2. The molecule has 2 fully saturated rings. The van der Waals surface area contributed by atoms with Crippen molar-refractivity contribution in [3.63, 3.8) is 0 Å². The highest BCUT2D eigenvalue weighted by Crippen LogP contribution is 2.45. The van der Waals surface area contributed by atoms with Crippen LogP contribution in [0, 0.1) is 11.8 Å². The van der Waals surface area contributed by atoms with E-state index in [0.717, 1.165) is 24.2 Å². The maximum atomic E-state index is 13.0. The van der Waals surface area contributed by atoms with Crippen LogP contribution in [0.15, 0.2) is 29.7 Å². The lowest BCUT2D eigenvalue weighted by atomic mass is 10.1. The molecule has 4 rings (SSSR count). The molecule has 3 aliphatic rings. The van der Waals surface area contributed by atoms with E-state index in [0.29, 0.717) is 36.4 Å². The third kappa shape index (κ3) is 4.04. The number of piperidine rings is 1. The number of carboxylic acid groups (broad SMARTS) is 1. The third-order valence-corrected chi connectivity index (χ3v) is 5.64. The maximum Gasteiger partial charge on any atom is 0.490 e. The molecule has 2 aliphatic carbocycles. The smallest absolute Gasteiger partial charge is 0.475 e. The minimum Gasteiger partial charge on any atom is -0.475 e. The molecule has 1 saturated heterocycles. The van der Waals surface area contributed by atoms with E-state index in [9.17, 15) is 22.8 Å². The van der Waals surface area contributed by atoms with Crippen molar-refractivity contribution in [3.8, 4) is 0 Å². The Hall–Kier alpha value is -2.88. The van der Waals surface area contributed by atoms with E-state index < -0.39 is 12.1 Å². The molecule has 162 valence electrons. The Morgan fingerprint density at radius 3 is 2.50 bits per heavy atom. The third-order valence-electron chi connectivity index (χ3n) is 5.64. The number of rotatable bonds is 4. The molecule has 0 spiro atoms. The topological polar surface area (TPSA) is 91.6 Å². The number of aromatic nitrogens is 1. The van der Waals surface area contributed by atoms with Gasteiger partial charge in [-0.2, -0.15) is 13.2 Å². The van der Waals surface area contributed by atoms with Crippen molar-refractivity contribution in [2.45, 2.75) is 25.2 Å². The molecule has 3 atom stereocenters. The molecule has 2 heterocycles. The Balaban J connectivity index is 0.000000318. The summed E-state index contributed by atoms with van der Waals surface area (Å²) < 4.78 is 33.3. The van der Waals surface area contributed by atoms with E-state index in [2.05, 4.69) is 11.9 Å². The minimum absolute atomic E-state index is 0.0170. The van der Waals surface area contributed by atoms with Gasteiger partial charge in [-0.25, -0.2) is 4.79 Å². The highest BCUT2D eigenvalue weighted by Gasteiger charge is 2.56. The van der Waals surface area contributed by atoms with Crippen LogP contribution in [0.3, 0.4) is 0 Å². The predicted molar refractivity (Wildman–Crippen MR) is 103 cm³/mol. The first kappa shape index (κ1) is 21.8. The van der Waals surface area contributed by atoms with Crippen LogP contribution in [0.25, 0.3) is 6.08 Å². The van der Waals surface area contributed by atoms with E-state index >= 15 is 0 Å². The van der Waals surface area contributed by atoms with E-state index in [-0.39, 0.29) is 11.5 Å². The molecule has 7 nitrogen and oxygen atoms in total. The zero-order valence-electron chi connectivity index (χ0n) is 16.3. The lowest BCUT2D eigenvalue weighted by Crippen LogP contribution is -2.36. The van der Waals surface area contributed by atoms with Gasteiger partial charge in [0.25, 0.3) is 11.5 Å². The van der Waals surface area contributed by atoms with Crippen molar-refractivity contribution in [1.29, 1.82) is 0 Å². The number of hydrogen-bond acceptors (Lipinski definition) is 4. The quantitative estimate of drug-likeness (QED) is 0.714. The van der Waals surface area contributed by atoms with Gasteiger partial charge in [-0.3, -0.25) is 9.59 Å². The Labute approximate surface area is 170 Å². The first-order valence-corrected chi connectivity index (χ1v) is 9.39. The van der Waals surface area contributed by atoms with E-state index in [1.54, 1.807) is 16.8 Å². The zero-order chi connectivity index (χ0) is 22.2. The zero-order valence-corrected chi connectivity index (χ0v) is 16.3. The Morgan fingerprint density at radius 1 is 1.37 bits per heavy atom. The number of alkyl halides is 3. The Kier molecular flexibility index (Phi) is 5.89. The van der Waals surface area contributed by atoms with Crippen molar-refractivity contribution in [3.05, 3.63) is 52.0 Å². The van der Waals surface area contributed by atoms with Crippen molar-refractivity contribution < 1.29 is 27.9 Å². The molecule has 0 aromatic carbocycles. The predicted octanol–water partition coefficient (Wildman–Crippen LogP) is 1.53. The second-order valence-corrected chi connectivity index (χ2v) is 7.48. The molecular weight excluding hydrogens is 403 g/mol. The van der Waals surface area contributed by atoms with Crippen LogP contribution in [-0.4, -0.2) is 58.8 Å². The van der Waals surface area contributed by atoms with Gasteiger partial charge in [-0.05, 0) is 23.8 Å². The van der Waals surface area contributed by atoms with Gasteiger partial charge in [-0.1, -0.05) is 18.2 Å². The number of halogens is 3. The molecule has 0 radical (unpaired) electrons. The molecule has 1 aromatic heterocycles.